The zero-order valence-electron chi connectivity index (χ0n) is 11.2. The lowest BCUT2D eigenvalue weighted by Gasteiger charge is -2.37. The molecule has 0 bridgehead atoms. The van der Waals surface area contributed by atoms with Crippen LogP contribution < -0.4 is 10.5 Å². The Morgan fingerprint density at radius 3 is 2.80 bits per heavy atom. The maximum absolute atomic E-state index is 11.8. The molecular weight excluding hydrogens is 318 g/mol. The second kappa shape index (κ2) is 4.62. The van der Waals surface area contributed by atoms with E-state index in [1.54, 1.807) is 6.07 Å². The summed E-state index contributed by atoms with van der Waals surface area (Å²) in [5.74, 6) is 0. The molecule has 0 saturated carbocycles. The molecule has 2 aliphatic heterocycles. The second-order valence-corrected chi connectivity index (χ2v) is 6.22. The van der Waals surface area contributed by atoms with E-state index in [0.717, 1.165) is 48.9 Å². The molecule has 0 amide bonds. The molecule has 0 unspecified atom stereocenters. The standard InChI is InChI=1S/C16H16BrNO2/c17-9-11-8-14(19)20-16-12-4-2-6-18-5-1-3-10(15(12)18)7-13(11)16/h7-8H,1-6,9H2. The van der Waals surface area contributed by atoms with Gasteiger partial charge in [-0.05, 0) is 42.9 Å². The number of aryl methyl sites for hydroxylation is 2. The van der Waals surface area contributed by atoms with Gasteiger partial charge in [-0.15, -0.1) is 0 Å². The molecule has 3 heterocycles. The lowest BCUT2D eigenvalue weighted by Crippen LogP contribution is -2.34. The van der Waals surface area contributed by atoms with Crippen LogP contribution >= 0.6 is 15.9 Å². The van der Waals surface area contributed by atoms with Gasteiger partial charge in [0.25, 0.3) is 0 Å². The average Bonchev–Trinajstić information content (AvgIpc) is 2.48. The van der Waals surface area contributed by atoms with Gasteiger partial charge in [0.15, 0.2) is 0 Å². The zero-order valence-corrected chi connectivity index (χ0v) is 12.8. The van der Waals surface area contributed by atoms with Crippen molar-refractivity contribution in [3.05, 3.63) is 39.2 Å². The normalized spacial score (nSPS) is 17.4. The Bertz CT molecular complexity index is 748. The summed E-state index contributed by atoms with van der Waals surface area (Å²) in [7, 11) is 0. The molecule has 4 heteroatoms. The molecule has 1 aromatic carbocycles. The average molecular weight is 334 g/mol. The molecule has 2 aliphatic rings. The van der Waals surface area contributed by atoms with Gasteiger partial charge in [0, 0.05) is 41.1 Å². The van der Waals surface area contributed by atoms with E-state index in [-0.39, 0.29) is 5.63 Å². The summed E-state index contributed by atoms with van der Waals surface area (Å²) in [6, 6.07) is 3.85. The summed E-state index contributed by atoms with van der Waals surface area (Å²) >= 11 is 3.49. The predicted octanol–water partition coefficient (Wildman–Crippen LogP) is 3.39. The minimum atomic E-state index is -0.240. The van der Waals surface area contributed by atoms with Crippen LogP contribution in [0.3, 0.4) is 0 Å². The smallest absolute Gasteiger partial charge is 0.336 e. The molecule has 4 rings (SSSR count). The van der Waals surface area contributed by atoms with Crippen molar-refractivity contribution < 1.29 is 4.42 Å². The van der Waals surface area contributed by atoms with Crippen LogP contribution in [0.5, 0.6) is 0 Å². The van der Waals surface area contributed by atoms with Gasteiger partial charge < -0.3 is 9.32 Å². The Balaban J connectivity index is 2.12. The number of anilines is 1. The van der Waals surface area contributed by atoms with Gasteiger partial charge in [-0.2, -0.15) is 0 Å². The molecule has 1 aromatic heterocycles. The van der Waals surface area contributed by atoms with Gasteiger partial charge in [-0.25, -0.2) is 4.79 Å². The van der Waals surface area contributed by atoms with Crippen molar-refractivity contribution in [2.75, 3.05) is 18.0 Å². The summed E-state index contributed by atoms with van der Waals surface area (Å²) in [5.41, 5.74) is 5.65. The van der Waals surface area contributed by atoms with Gasteiger partial charge in [-0.1, -0.05) is 15.9 Å². The molecule has 0 radical (unpaired) electrons. The van der Waals surface area contributed by atoms with Gasteiger partial charge >= 0.3 is 5.63 Å². The highest BCUT2D eigenvalue weighted by Gasteiger charge is 2.27. The van der Waals surface area contributed by atoms with Crippen LogP contribution in [0, 0.1) is 0 Å². The number of halogens is 1. The first-order valence-corrected chi connectivity index (χ1v) is 8.32. The SMILES string of the molecule is O=c1cc(CBr)c2cc3c4c(c2o1)CCCN4CCC3. The first-order valence-electron chi connectivity index (χ1n) is 7.20. The lowest BCUT2D eigenvalue weighted by atomic mass is 9.89. The van der Waals surface area contributed by atoms with Crippen molar-refractivity contribution >= 4 is 32.6 Å². The highest BCUT2D eigenvalue weighted by atomic mass is 79.9. The minimum Gasteiger partial charge on any atom is -0.422 e. The van der Waals surface area contributed by atoms with E-state index in [1.807, 2.05) is 0 Å². The van der Waals surface area contributed by atoms with Crippen LogP contribution in [-0.4, -0.2) is 13.1 Å². The molecule has 0 saturated heterocycles. The maximum Gasteiger partial charge on any atom is 0.336 e. The molecule has 2 aromatic rings. The largest absolute Gasteiger partial charge is 0.422 e. The number of alkyl halides is 1. The summed E-state index contributed by atoms with van der Waals surface area (Å²) in [6.45, 7) is 2.27. The van der Waals surface area contributed by atoms with Crippen LogP contribution in [-0.2, 0) is 18.2 Å². The fourth-order valence-corrected chi connectivity index (χ4v) is 4.11. The molecular formula is C16H16BrNO2. The Morgan fingerprint density at radius 2 is 2.00 bits per heavy atom. The molecule has 20 heavy (non-hydrogen) atoms. The molecule has 0 fully saturated rings. The molecule has 0 N–H and O–H groups in total. The summed E-state index contributed by atoms with van der Waals surface area (Å²) in [5, 5.41) is 1.80. The topological polar surface area (TPSA) is 33.5 Å². The predicted molar refractivity (Wildman–Crippen MR) is 84.0 cm³/mol. The third-order valence-electron chi connectivity index (χ3n) is 4.46. The van der Waals surface area contributed by atoms with E-state index in [0.29, 0.717) is 5.33 Å². The summed E-state index contributed by atoms with van der Waals surface area (Å²) < 4.78 is 5.57. The first kappa shape index (κ1) is 12.5. The monoisotopic (exact) mass is 333 g/mol. The number of nitrogens with zero attached hydrogens (tertiary/aromatic N) is 1. The van der Waals surface area contributed by atoms with Crippen LogP contribution in [0.25, 0.3) is 11.0 Å². The van der Waals surface area contributed by atoms with Crippen LogP contribution in [0.1, 0.15) is 29.5 Å². The van der Waals surface area contributed by atoms with E-state index in [1.165, 1.54) is 23.2 Å². The van der Waals surface area contributed by atoms with Crippen LogP contribution in [0.4, 0.5) is 5.69 Å². The highest BCUT2D eigenvalue weighted by molar-refractivity contribution is 9.08. The van der Waals surface area contributed by atoms with Crippen molar-refractivity contribution in [2.45, 2.75) is 31.0 Å². The summed E-state index contributed by atoms with van der Waals surface area (Å²) in [4.78, 5) is 14.3. The zero-order chi connectivity index (χ0) is 13.7. The van der Waals surface area contributed by atoms with Crippen molar-refractivity contribution in [1.82, 2.24) is 0 Å². The van der Waals surface area contributed by atoms with Gasteiger partial charge in [0.2, 0.25) is 0 Å². The van der Waals surface area contributed by atoms with Crippen molar-refractivity contribution in [2.24, 2.45) is 0 Å². The number of hydrogen-bond acceptors (Lipinski definition) is 3. The third-order valence-corrected chi connectivity index (χ3v) is 5.06. The third kappa shape index (κ3) is 1.74. The quantitative estimate of drug-likeness (QED) is 0.592. The molecule has 104 valence electrons. The van der Waals surface area contributed by atoms with Crippen LogP contribution in [0.15, 0.2) is 21.3 Å². The number of benzene rings is 1. The Hall–Kier alpha value is -1.29. The van der Waals surface area contributed by atoms with E-state index in [9.17, 15) is 4.79 Å². The number of rotatable bonds is 1. The van der Waals surface area contributed by atoms with Crippen molar-refractivity contribution in [3.63, 3.8) is 0 Å². The highest BCUT2D eigenvalue weighted by Crippen LogP contribution is 2.40. The fourth-order valence-electron chi connectivity index (χ4n) is 3.65. The van der Waals surface area contributed by atoms with Gasteiger partial charge in [0.05, 0.1) is 0 Å². The maximum atomic E-state index is 11.8. The first-order chi connectivity index (χ1) is 9.78. The lowest BCUT2D eigenvalue weighted by molar-refractivity contribution is 0.548. The van der Waals surface area contributed by atoms with Crippen LogP contribution in [0.2, 0.25) is 0 Å². The fraction of sp³-hybridized carbons (Fsp3) is 0.438. The molecule has 0 aliphatic carbocycles. The Kier molecular flexibility index (Phi) is 2.88. The minimum absolute atomic E-state index is 0.240. The molecule has 0 atom stereocenters. The van der Waals surface area contributed by atoms with E-state index >= 15 is 0 Å². The van der Waals surface area contributed by atoms with E-state index in [2.05, 4.69) is 26.9 Å². The number of fused-ring (bicyclic) bond motifs is 2. The van der Waals surface area contributed by atoms with Crippen molar-refractivity contribution in [1.29, 1.82) is 0 Å². The van der Waals surface area contributed by atoms with Gasteiger partial charge in [-0.3, -0.25) is 0 Å². The van der Waals surface area contributed by atoms with E-state index in [4.69, 9.17) is 4.42 Å². The number of hydrogen-bond donors (Lipinski definition) is 0. The second-order valence-electron chi connectivity index (χ2n) is 5.66. The molecule has 3 nitrogen and oxygen atoms in total. The Morgan fingerprint density at radius 1 is 1.20 bits per heavy atom. The summed E-state index contributed by atoms with van der Waals surface area (Å²) in [6.07, 6.45) is 4.52. The molecule has 0 spiro atoms. The van der Waals surface area contributed by atoms with Gasteiger partial charge in [0.1, 0.15) is 5.58 Å². The van der Waals surface area contributed by atoms with Crippen molar-refractivity contribution in [3.8, 4) is 0 Å². The Labute approximate surface area is 125 Å². The van der Waals surface area contributed by atoms with E-state index < -0.39 is 0 Å².